The van der Waals surface area contributed by atoms with Crippen LogP contribution in [0.25, 0.3) is 6.08 Å². The summed E-state index contributed by atoms with van der Waals surface area (Å²) in [7, 11) is 0. The molecule has 0 amide bonds. The Balaban J connectivity index is 1.86. The van der Waals surface area contributed by atoms with Gasteiger partial charge in [-0.25, -0.2) is 9.79 Å². The van der Waals surface area contributed by atoms with Crippen LogP contribution in [0.4, 0.5) is 0 Å². The maximum atomic E-state index is 13.7. The molecule has 0 bridgehead atoms. The number of hydrogen-bond acceptors (Lipinski definition) is 8. The van der Waals surface area contributed by atoms with Crippen molar-refractivity contribution in [3.8, 4) is 17.6 Å². The summed E-state index contributed by atoms with van der Waals surface area (Å²) < 4.78 is 18.5. The third kappa shape index (κ3) is 5.65. The summed E-state index contributed by atoms with van der Waals surface area (Å²) in [6, 6.07) is 15.7. The summed E-state index contributed by atoms with van der Waals surface area (Å²) in [5.41, 5.74) is 2.04. The van der Waals surface area contributed by atoms with E-state index in [1.807, 2.05) is 43.3 Å². The van der Waals surface area contributed by atoms with Crippen LogP contribution >= 0.6 is 11.3 Å². The lowest BCUT2D eigenvalue weighted by Crippen LogP contribution is -2.40. The topological polar surface area (TPSA) is 103 Å². The fourth-order valence-electron chi connectivity index (χ4n) is 4.05. The van der Waals surface area contributed by atoms with E-state index in [1.165, 1.54) is 11.3 Å². The molecule has 0 spiro atoms. The van der Waals surface area contributed by atoms with Gasteiger partial charge in [0, 0.05) is 0 Å². The molecule has 0 N–H and O–H groups in total. The lowest BCUT2D eigenvalue weighted by Gasteiger charge is -2.25. The smallest absolute Gasteiger partial charge is 0.338 e. The number of nitriles is 1. The van der Waals surface area contributed by atoms with Crippen molar-refractivity contribution >= 4 is 23.4 Å². The molecule has 0 aliphatic carbocycles. The number of rotatable bonds is 8. The van der Waals surface area contributed by atoms with Gasteiger partial charge in [-0.15, -0.1) is 0 Å². The van der Waals surface area contributed by atoms with Crippen LogP contribution in [0, 0.1) is 11.3 Å². The number of ether oxygens (including phenoxy) is 3. The average molecular weight is 518 g/mol. The molecule has 2 aromatic carbocycles. The Hall–Kier alpha value is -4.16. The number of thiazole rings is 1. The van der Waals surface area contributed by atoms with E-state index in [4.69, 9.17) is 19.5 Å². The molecule has 190 valence electrons. The van der Waals surface area contributed by atoms with Crippen molar-refractivity contribution in [2.75, 3.05) is 13.2 Å². The quantitative estimate of drug-likeness (QED) is 0.424. The number of aromatic nitrogens is 1. The van der Waals surface area contributed by atoms with Crippen LogP contribution < -0.4 is 24.4 Å². The monoisotopic (exact) mass is 517 g/mol. The van der Waals surface area contributed by atoms with E-state index in [-0.39, 0.29) is 18.3 Å². The van der Waals surface area contributed by atoms with Gasteiger partial charge in [-0.1, -0.05) is 35.6 Å². The number of benzene rings is 2. The van der Waals surface area contributed by atoms with Gasteiger partial charge >= 0.3 is 5.97 Å². The zero-order valence-corrected chi connectivity index (χ0v) is 21.9. The van der Waals surface area contributed by atoms with Crippen LogP contribution in [0.2, 0.25) is 0 Å². The van der Waals surface area contributed by atoms with Crippen molar-refractivity contribution < 1.29 is 19.0 Å². The number of allylic oxidation sites excluding steroid dienone is 1. The molecule has 8 nitrogen and oxygen atoms in total. The summed E-state index contributed by atoms with van der Waals surface area (Å²) in [6.45, 7) is 7.69. The van der Waals surface area contributed by atoms with E-state index in [0.717, 1.165) is 11.1 Å². The molecule has 2 heterocycles. The molecule has 3 aromatic rings. The number of fused-ring (bicyclic) bond motifs is 1. The molecule has 0 saturated heterocycles. The summed E-state index contributed by atoms with van der Waals surface area (Å²) in [4.78, 5) is 32.0. The number of hydrogen-bond donors (Lipinski definition) is 0. The predicted octanol–water partition coefficient (Wildman–Crippen LogP) is 3.49. The third-order valence-corrected chi connectivity index (χ3v) is 6.53. The maximum Gasteiger partial charge on any atom is 0.338 e. The van der Waals surface area contributed by atoms with Gasteiger partial charge in [0.15, 0.2) is 11.4 Å². The van der Waals surface area contributed by atoms with Crippen molar-refractivity contribution in [1.29, 1.82) is 5.26 Å². The normalized spacial score (nSPS) is 15.1. The summed E-state index contributed by atoms with van der Waals surface area (Å²) in [5, 5.41) is 8.77. The van der Waals surface area contributed by atoms with Crippen LogP contribution in [-0.4, -0.2) is 29.9 Å². The predicted molar refractivity (Wildman–Crippen MR) is 140 cm³/mol. The number of nitrogens with zero attached hydrogens (tertiary/aromatic N) is 3. The fourth-order valence-corrected chi connectivity index (χ4v) is 5.10. The minimum Gasteiger partial charge on any atom is -0.494 e. The van der Waals surface area contributed by atoms with E-state index in [0.29, 0.717) is 38.7 Å². The molecule has 1 aliphatic rings. The Kier molecular flexibility index (Phi) is 7.89. The first-order chi connectivity index (χ1) is 17.8. The molecule has 1 atom stereocenters. The maximum absolute atomic E-state index is 13.7. The highest BCUT2D eigenvalue weighted by Crippen LogP contribution is 2.32. The molecule has 1 aliphatic heterocycles. The van der Waals surface area contributed by atoms with Gasteiger partial charge < -0.3 is 14.2 Å². The average Bonchev–Trinajstić information content (AvgIpc) is 3.16. The second kappa shape index (κ2) is 11.3. The van der Waals surface area contributed by atoms with Gasteiger partial charge in [-0.2, -0.15) is 5.26 Å². The first kappa shape index (κ1) is 25.9. The zero-order valence-electron chi connectivity index (χ0n) is 21.1. The first-order valence-electron chi connectivity index (χ1n) is 11.9. The molecule has 1 aromatic heterocycles. The minimum absolute atomic E-state index is 0.0672. The Morgan fingerprint density at radius 1 is 1.19 bits per heavy atom. The molecule has 37 heavy (non-hydrogen) atoms. The number of carbonyl (C=O) groups is 1. The van der Waals surface area contributed by atoms with E-state index in [2.05, 4.69) is 4.99 Å². The second-order valence-electron chi connectivity index (χ2n) is 8.56. The van der Waals surface area contributed by atoms with Gasteiger partial charge in [0.1, 0.15) is 17.6 Å². The molecule has 0 saturated carbocycles. The molecule has 0 unspecified atom stereocenters. The van der Waals surface area contributed by atoms with E-state index >= 15 is 0 Å². The number of carbonyl (C=O) groups excluding carboxylic acids is 1. The van der Waals surface area contributed by atoms with Crippen molar-refractivity contribution in [2.24, 2.45) is 4.99 Å². The van der Waals surface area contributed by atoms with Crippen molar-refractivity contribution in [2.45, 2.75) is 39.8 Å². The van der Waals surface area contributed by atoms with Gasteiger partial charge in [-0.3, -0.25) is 9.36 Å². The van der Waals surface area contributed by atoms with Crippen LogP contribution in [0.5, 0.6) is 11.5 Å². The highest BCUT2D eigenvalue weighted by molar-refractivity contribution is 7.07. The Labute approximate surface area is 218 Å². The second-order valence-corrected chi connectivity index (χ2v) is 9.57. The SMILES string of the molecule is CCOc1ccc([C@@H]2C(C(=O)OC(C)C)=C(C)N=c3s/c(=C/c4cccc(OCC#N)c4)c(=O)n32)cc1. The Morgan fingerprint density at radius 2 is 1.95 bits per heavy atom. The van der Waals surface area contributed by atoms with E-state index in [1.54, 1.807) is 49.6 Å². The lowest BCUT2D eigenvalue weighted by atomic mass is 9.96. The third-order valence-electron chi connectivity index (χ3n) is 5.55. The highest BCUT2D eigenvalue weighted by atomic mass is 32.1. The molecule has 9 heteroatoms. The minimum atomic E-state index is -0.703. The van der Waals surface area contributed by atoms with Crippen LogP contribution in [0.3, 0.4) is 0 Å². The van der Waals surface area contributed by atoms with Crippen molar-refractivity contribution in [3.63, 3.8) is 0 Å². The van der Waals surface area contributed by atoms with Gasteiger partial charge in [-0.05, 0) is 69.2 Å². The van der Waals surface area contributed by atoms with E-state index in [9.17, 15) is 9.59 Å². The van der Waals surface area contributed by atoms with Crippen molar-refractivity contribution in [1.82, 2.24) is 4.57 Å². The van der Waals surface area contributed by atoms with Gasteiger partial charge in [0.2, 0.25) is 0 Å². The van der Waals surface area contributed by atoms with Crippen molar-refractivity contribution in [3.05, 3.63) is 90.6 Å². The first-order valence-corrected chi connectivity index (χ1v) is 12.7. The summed E-state index contributed by atoms with van der Waals surface area (Å²) >= 11 is 1.25. The fraction of sp³-hybridized carbons (Fsp3) is 0.286. The molecular weight excluding hydrogens is 490 g/mol. The highest BCUT2D eigenvalue weighted by Gasteiger charge is 2.33. The molecule has 4 rings (SSSR count). The molecular formula is C28H27N3O5S. The lowest BCUT2D eigenvalue weighted by molar-refractivity contribution is -0.143. The molecule has 0 fully saturated rings. The van der Waals surface area contributed by atoms with Crippen LogP contribution in [0.1, 0.15) is 44.9 Å². The Bertz CT molecular complexity index is 1560. The van der Waals surface area contributed by atoms with E-state index < -0.39 is 12.0 Å². The van der Waals surface area contributed by atoms with Gasteiger partial charge in [0.25, 0.3) is 5.56 Å². The standard InChI is InChI=1S/C28H27N3O5S/c1-5-34-21-11-9-20(10-12-21)25-24(27(33)36-17(2)3)18(4)30-28-31(25)26(32)23(37-28)16-19-7-6-8-22(15-19)35-14-13-29/h6-12,15-17,25H,5,14H2,1-4H3/b23-16+/t25-/m1/s1. The summed E-state index contributed by atoms with van der Waals surface area (Å²) in [5.74, 6) is 0.723. The summed E-state index contributed by atoms with van der Waals surface area (Å²) in [6.07, 6.45) is 1.43. The van der Waals surface area contributed by atoms with Gasteiger partial charge in [0.05, 0.1) is 34.6 Å². The number of esters is 1. The molecule has 0 radical (unpaired) electrons. The largest absolute Gasteiger partial charge is 0.494 e. The van der Waals surface area contributed by atoms with Crippen LogP contribution in [0.15, 0.2) is 69.6 Å². The van der Waals surface area contributed by atoms with Crippen LogP contribution in [-0.2, 0) is 9.53 Å². The zero-order chi connectivity index (χ0) is 26.5. The Morgan fingerprint density at radius 3 is 2.62 bits per heavy atom.